The SMILES string of the molecule is CC(C)c1ccc(N2C(=O)/C(=C\c3ccc(N(C)C)cc3)NC2=S)cc1. The van der Waals surface area contributed by atoms with Crippen LogP contribution in [-0.2, 0) is 4.79 Å². The minimum absolute atomic E-state index is 0.135. The van der Waals surface area contributed by atoms with Crippen molar-refractivity contribution in [3.05, 3.63) is 65.4 Å². The molecule has 4 nitrogen and oxygen atoms in total. The van der Waals surface area contributed by atoms with Crippen molar-refractivity contribution >= 4 is 40.7 Å². The average molecular weight is 366 g/mol. The van der Waals surface area contributed by atoms with Gasteiger partial charge in [0.15, 0.2) is 5.11 Å². The van der Waals surface area contributed by atoms with E-state index in [1.54, 1.807) is 4.90 Å². The first kappa shape index (κ1) is 18.1. The summed E-state index contributed by atoms with van der Waals surface area (Å²) in [6.07, 6.45) is 1.83. The number of amides is 1. The topological polar surface area (TPSA) is 35.6 Å². The zero-order chi connectivity index (χ0) is 18.8. The van der Waals surface area contributed by atoms with Gasteiger partial charge in [-0.3, -0.25) is 9.69 Å². The lowest BCUT2D eigenvalue weighted by molar-refractivity contribution is -0.113. The summed E-state index contributed by atoms with van der Waals surface area (Å²) in [6, 6.07) is 16.0. The molecule has 26 heavy (non-hydrogen) atoms. The summed E-state index contributed by atoms with van der Waals surface area (Å²) >= 11 is 5.38. The number of nitrogens with zero attached hydrogens (tertiary/aromatic N) is 2. The summed E-state index contributed by atoms with van der Waals surface area (Å²) < 4.78 is 0. The number of carbonyl (C=O) groups is 1. The van der Waals surface area contributed by atoms with Crippen LogP contribution in [0.1, 0.15) is 30.9 Å². The number of thiocarbonyl (C=S) groups is 1. The number of hydrogen-bond donors (Lipinski definition) is 1. The molecule has 0 saturated carbocycles. The molecule has 1 saturated heterocycles. The fraction of sp³-hybridized carbons (Fsp3) is 0.238. The summed E-state index contributed by atoms with van der Waals surface area (Å²) in [5.41, 5.74) is 4.56. The molecular formula is C21H23N3OS. The smallest absolute Gasteiger partial charge is 0.281 e. The van der Waals surface area contributed by atoms with Crippen LogP contribution in [0.5, 0.6) is 0 Å². The van der Waals surface area contributed by atoms with Gasteiger partial charge in [0.1, 0.15) is 5.70 Å². The Morgan fingerprint density at radius 1 is 1.04 bits per heavy atom. The predicted molar refractivity (Wildman–Crippen MR) is 112 cm³/mol. The molecule has 0 spiro atoms. The van der Waals surface area contributed by atoms with Gasteiger partial charge in [-0.05, 0) is 59.6 Å². The van der Waals surface area contributed by atoms with Crippen molar-refractivity contribution in [1.29, 1.82) is 0 Å². The minimum Gasteiger partial charge on any atom is -0.378 e. The molecule has 134 valence electrons. The van der Waals surface area contributed by atoms with Crippen LogP contribution in [0, 0.1) is 0 Å². The van der Waals surface area contributed by atoms with Crippen LogP contribution in [0.2, 0.25) is 0 Å². The van der Waals surface area contributed by atoms with E-state index in [9.17, 15) is 4.79 Å². The summed E-state index contributed by atoms with van der Waals surface area (Å²) in [6.45, 7) is 4.29. The first-order valence-electron chi connectivity index (χ1n) is 8.61. The van der Waals surface area contributed by atoms with Crippen molar-refractivity contribution in [1.82, 2.24) is 5.32 Å². The molecule has 0 aliphatic carbocycles. The lowest BCUT2D eigenvalue weighted by Gasteiger charge is -2.15. The zero-order valence-corrected chi connectivity index (χ0v) is 16.3. The third-order valence-corrected chi connectivity index (χ3v) is 4.70. The van der Waals surface area contributed by atoms with E-state index in [2.05, 4.69) is 19.2 Å². The molecule has 1 aliphatic heterocycles. The number of benzene rings is 2. The fourth-order valence-electron chi connectivity index (χ4n) is 2.81. The Bertz CT molecular complexity index is 852. The molecule has 2 aromatic carbocycles. The Labute approximate surface area is 160 Å². The Hall–Kier alpha value is -2.66. The van der Waals surface area contributed by atoms with E-state index in [1.807, 2.05) is 73.6 Å². The molecule has 1 amide bonds. The maximum atomic E-state index is 12.8. The molecule has 1 aliphatic rings. The number of anilines is 2. The highest BCUT2D eigenvalue weighted by Crippen LogP contribution is 2.25. The van der Waals surface area contributed by atoms with Crippen LogP contribution in [0.3, 0.4) is 0 Å². The highest BCUT2D eigenvalue weighted by Gasteiger charge is 2.31. The second kappa shape index (κ2) is 7.30. The average Bonchev–Trinajstić information content (AvgIpc) is 2.89. The molecule has 1 heterocycles. The maximum Gasteiger partial charge on any atom is 0.281 e. The molecule has 1 N–H and O–H groups in total. The highest BCUT2D eigenvalue weighted by atomic mass is 32.1. The van der Waals surface area contributed by atoms with Crippen LogP contribution in [-0.4, -0.2) is 25.1 Å². The van der Waals surface area contributed by atoms with Gasteiger partial charge >= 0.3 is 0 Å². The number of hydrogen-bond acceptors (Lipinski definition) is 3. The predicted octanol–water partition coefficient (Wildman–Crippen LogP) is 4.14. The number of nitrogens with one attached hydrogen (secondary N) is 1. The van der Waals surface area contributed by atoms with Gasteiger partial charge in [0.05, 0.1) is 5.69 Å². The Kier molecular flexibility index (Phi) is 5.09. The van der Waals surface area contributed by atoms with Gasteiger partial charge in [-0.25, -0.2) is 0 Å². The monoisotopic (exact) mass is 365 g/mol. The van der Waals surface area contributed by atoms with E-state index in [4.69, 9.17) is 12.2 Å². The largest absolute Gasteiger partial charge is 0.378 e. The Morgan fingerprint density at radius 2 is 1.65 bits per heavy atom. The molecule has 3 rings (SSSR count). The molecule has 1 fully saturated rings. The van der Waals surface area contributed by atoms with Crippen molar-refractivity contribution in [2.75, 3.05) is 23.9 Å². The molecule has 0 aromatic heterocycles. The van der Waals surface area contributed by atoms with Gasteiger partial charge < -0.3 is 10.2 Å². The molecule has 0 radical (unpaired) electrons. The molecule has 0 unspecified atom stereocenters. The van der Waals surface area contributed by atoms with Gasteiger partial charge in [0.25, 0.3) is 5.91 Å². The van der Waals surface area contributed by atoms with E-state index < -0.39 is 0 Å². The Balaban J connectivity index is 1.84. The van der Waals surface area contributed by atoms with Crippen LogP contribution >= 0.6 is 12.2 Å². The molecule has 0 atom stereocenters. The second-order valence-corrected chi connectivity index (χ2v) is 7.25. The highest BCUT2D eigenvalue weighted by molar-refractivity contribution is 7.80. The lowest BCUT2D eigenvalue weighted by Crippen LogP contribution is -2.30. The quantitative estimate of drug-likeness (QED) is 0.652. The lowest BCUT2D eigenvalue weighted by atomic mass is 10.0. The summed E-state index contributed by atoms with van der Waals surface area (Å²) in [7, 11) is 3.99. The molecule has 0 bridgehead atoms. The van der Waals surface area contributed by atoms with Crippen molar-refractivity contribution in [2.45, 2.75) is 19.8 Å². The normalized spacial score (nSPS) is 15.7. The van der Waals surface area contributed by atoms with E-state index in [1.165, 1.54) is 5.56 Å². The molecular weight excluding hydrogens is 342 g/mol. The van der Waals surface area contributed by atoms with Gasteiger partial charge in [0.2, 0.25) is 0 Å². The fourth-order valence-corrected chi connectivity index (χ4v) is 3.11. The van der Waals surface area contributed by atoms with Gasteiger partial charge in [-0.2, -0.15) is 0 Å². The van der Waals surface area contributed by atoms with Gasteiger partial charge in [-0.15, -0.1) is 0 Å². The van der Waals surface area contributed by atoms with Crippen molar-refractivity contribution in [2.24, 2.45) is 0 Å². The van der Waals surface area contributed by atoms with Gasteiger partial charge in [-0.1, -0.05) is 38.1 Å². The van der Waals surface area contributed by atoms with E-state index >= 15 is 0 Å². The first-order valence-corrected chi connectivity index (χ1v) is 9.02. The van der Waals surface area contributed by atoms with Crippen LogP contribution in [0.15, 0.2) is 54.2 Å². The van der Waals surface area contributed by atoms with Crippen LogP contribution in [0.25, 0.3) is 6.08 Å². The van der Waals surface area contributed by atoms with E-state index in [0.717, 1.165) is 16.9 Å². The summed E-state index contributed by atoms with van der Waals surface area (Å²) in [4.78, 5) is 16.4. The van der Waals surface area contributed by atoms with E-state index in [0.29, 0.717) is 16.7 Å². The Morgan fingerprint density at radius 3 is 2.19 bits per heavy atom. The van der Waals surface area contributed by atoms with Crippen LogP contribution in [0.4, 0.5) is 11.4 Å². The zero-order valence-electron chi connectivity index (χ0n) is 15.5. The van der Waals surface area contributed by atoms with E-state index in [-0.39, 0.29) is 5.91 Å². The number of rotatable bonds is 4. The van der Waals surface area contributed by atoms with Gasteiger partial charge in [0, 0.05) is 19.8 Å². The third kappa shape index (κ3) is 3.63. The summed E-state index contributed by atoms with van der Waals surface area (Å²) in [5.74, 6) is 0.313. The standard InChI is InChI=1S/C21H23N3OS/c1-14(2)16-7-11-18(12-8-16)24-20(25)19(22-21(24)26)13-15-5-9-17(10-6-15)23(3)4/h5-14H,1-4H3,(H,22,26)/b19-13+. The van der Waals surface area contributed by atoms with Crippen molar-refractivity contribution < 1.29 is 4.79 Å². The second-order valence-electron chi connectivity index (χ2n) is 6.86. The maximum absolute atomic E-state index is 12.8. The molecule has 5 heteroatoms. The van der Waals surface area contributed by atoms with Crippen molar-refractivity contribution in [3.63, 3.8) is 0 Å². The minimum atomic E-state index is -0.135. The van der Waals surface area contributed by atoms with Crippen LogP contribution < -0.4 is 15.1 Å². The third-order valence-electron chi connectivity index (χ3n) is 4.42. The first-order chi connectivity index (χ1) is 12.4. The number of carbonyl (C=O) groups excluding carboxylic acids is 1. The summed E-state index contributed by atoms with van der Waals surface area (Å²) in [5, 5.41) is 3.44. The van der Waals surface area contributed by atoms with Crippen molar-refractivity contribution in [3.8, 4) is 0 Å². The molecule has 2 aromatic rings.